The molecule has 1 fully saturated rings. The lowest BCUT2D eigenvalue weighted by atomic mass is 10.1. The van der Waals surface area contributed by atoms with Crippen LogP contribution in [0.1, 0.15) is 26.2 Å². The standard InChI is InChI=1S/C11H22N2/c1-3-8-13(9-4-2)11-6-5-7-12-10-11/h3,11-12H,1,4-10H2,2H3. The van der Waals surface area contributed by atoms with Crippen LogP contribution in [0.5, 0.6) is 0 Å². The van der Waals surface area contributed by atoms with Crippen LogP contribution < -0.4 is 5.32 Å². The third kappa shape index (κ3) is 3.49. The van der Waals surface area contributed by atoms with Crippen molar-refractivity contribution in [2.45, 2.75) is 32.2 Å². The Balaban J connectivity index is 2.36. The highest BCUT2D eigenvalue weighted by Gasteiger charge is 2.18. The summed E-state index contributed by atoms with van der Waals surface area (Å²) >= 11 is 0. The molecule has 0 aromatic carbocycles. The maximum Gasteiger partial charge on any atom is 0.0224 e. The molecule has 2 nitrogen and oxygen atoms in total. The lowest BCUT2D eigenvalue weighted by molar-refractivity contribution is 0.183. The van der Waals surface area contributed by atoms with E-state index in [2.05, 4.69) is 23.7 Å². The van der Waals surface area contributed by atoms with Gasteiger partial charge in [-0.1, -0.05) is 13.0 Å². The first-order valence-electron chi connectivity index (χ1n) is 5.44. The molecular formula is C11H22N2. The summed E-state index contributed by atoms with van der Waals surface area (Å²) in [5.74, 6) is 0. The summed E-state index contributed by atoms with van der Waals surface area (Å²) in [5.41, 5.74) is 0. The zero-order valence-electron chi connectivity index (χ0n) is 8.76. The summed E-state index contributed by atoms with van der Waals surface area (Å²) < 4.78 is 0. The Bertz CT molecular complexity index is 139. The SMILES string of the molecule is C=CCN(CCC)C1CCCNC1. The van der Waals surface area contributed by atoms with E-state index in [0.29, 0.717) is 0 Å². The van der Waals surface area contributed by atoms with Crippen LogP contribution >= 0.6 is 0 Å². The topological polar surface area (TPSA) is 15.3 Å². The number of hydrogen-bond donors (Lipinski definition) is 1. The van der Waals surface area contributed by atoms with Crippen molar-refractivity contribution in [2.24, 2.45) is 0 Å². The fraction of sp³-hybridized carbons (Fsp3) is 0.818. The van der Waals surface area contributed by atoms with E-state index in [0.717, 1.165) is 19.1 Å². The van der Waals surface area contributed by atoms with Crippen LogP contribution in [0.15, 0.2) is 12.7 Å². The summed E-state index contributed by atoms with van der Waals surface area (Å²) in [6.45, 7) is 10.7. The number of nitrogens with zero attached hydrogens (tertiary/aromatic N) is 1. The van der Waals surface area contributed by atoms with Crippen molar-refractivity contribution in [3.05, 3.63) is 12.7 Å². The average molecular weight is 182 g/mol. The number of nitrogens with one attached hydrogen (secondary N) is 1. The van der Waals surface area contributed by atoms with E-state index in [1.807, 2.05) is 6.08 Å². The Morgan fingerprint density at radius 2 is 2.46 bits per heavy atom. The molecular weight excluding hydrogens is 160 g/mol. The van der Waals surface area contributed by atoms with Crippen molar-refractivity contribution in [2.75, 3.05) is 26.2 Å². The lowest BCUT2D eigenvalue weighted by Crippen LogP contribution is -2.46. The zero-order valence-corrected chi connectivity index (χ0v) is 8.76. The van der Waals surface area contributed by atoms with Gasteiger partial charge in [0.1, 0.15) is 0 Å². The van der Waals surface area contributed by atoms with Crippen molar-refractivity contribution in [3.63, 3.8) is 0 Å². The first kappa shape index (κ1) is 10.7. The van der Waals surface area contributed by atoms with Gasteiger partial charge in [-0.05, 0) is 32.4 Å². The number of hydrogen-bond acceptors (Lipinski definition) is 2. The molecule has 0 radical (unpaired) electrons. The van der Waals surface area contributed by atoms with Gasteiger partial charge < -0.3 is 5.32 Å². The van der Waals surface area contributed by atoms with E-state index in [4.69, 9.17) is 0 Å². The zero-order chi connectivity index (χ0) is 9.52. The van der Waals surface area contributed by atoms with Crippen molar-refractivity contribution in [1.29, 1.82) is 0 Å². The minimum Gasteiger partial charge on any atom is -0.315 e. The third-order valence-electron chi connectivity index (χ3n) is 2.66. The highest BCUT2D eigenvalue weighted by molar-refractivity contribution is 4.82. The maximum atomic E-state index is 3.82. The molecule has 76 valence electrons. The van der Waals surface area contributed by atoms with Gasteiger partial charge >= 0.3 is 0 Å². The summed E-state index contributed by atoms with van der Waals surface area (Å²) in [6, 6.07) is 0.742. The molecule has 1 saturated heterocycles. The molecule has 1 N–H and O–H groups in total. The second-order valence-electron chi connectivity index (χ2n) is 3.78. The highest BCUT2D eigenvalue weighted by atomic mass is 15.2. The van der Waals surface area contributed by atoms with Gasteiger partial charge in [0.15, 0.2) is 0 Å². The molecule has 1 heterocycles. The minimum absolute atomic E-state index is 0.742. The van der Waals surface area contributed by atoms with E-state index in [9.17, 15) is 0 Å². The molecule has 1 rings (SSSR count). The monoisotopic (exact) mass is 182 g/mol. The Hall–Kier alpha value is -0.340. The van der Waals surface area contributed by atoms with Gasteiger partial charge in [-0.2, -0.15) is 0 Å². The largest absolute Gasteiger partial charge is 0.315 e. The van der Waals surface area contributed by atoms with E-state index in [1.54, 1.807) is 0 Å². The molecule has 0 amide bonds. The Labute approximate surface area is 82.0 Å². The summed E-state index contributed by atoms with van der Waals surface area (Å²) in [5, 5.41) is 3.46. The second kappa shape index (κ2) is 6.17. The quantitative estimate of drug-likeness (QED) is 0.650. The maximum absolute atomic E-state index is 3.82. The minimum atomic E-state index is 0.742. The molecule has 0 saturated carbocycles. The van der Waals surface area contributed by atoms with E-state index in [-0.39, 0.29) is 0 Å². The molecule has 13 heavy (non-hydrogen) atoms. The molecule has 0 spiro atoms. The summed E-state index contributed by atoms with van der Waals surface area (Å²) in [6.07, 6.45) is 5.93. The van der Waals surface area contributed by atoms with Gasteiger partial charge in [0.2, 0.25) is 0 Å². The van der Waals surface area contributed by atoms with Gasteiger partial charge in [0.25, 0.3) is 0 Å². The van der Waals surface area contributed by atoms with Gasteiger partial charge in [-0.15, -0.1) is 6.58 Å². The van der Waals surface area contributed by atoms with Crippen LogP contribution in [0.25, 0.3) is 0 Å². The first-order chi connectivity index (χ1) is 6.38. The van der Waals surface area contributed by atoms with Crippen molar-refractivity contribution in [1.82, 2.24) is 10.2 Å². The molecule has 0 aliphatic carbocycles. The average Bonchev–Trinajstić information content (AvgIpc) is 2.19. The van der Waals surface area contributed by atoms with Crippen LogP contribution in [0.3, 0.4) is 0 Å². The van der Waals surface area contributed by atoms with Gasteiger partial charge in [-0.25, -0.2) is 0 Å². The van der Waals surface area contributed by atoms with E-state index in [1.165, 1.54) is 32.4 Å². The summed E-state index contributed by atoms with van der Waals surface area (Å²) in [7, 11) is 0. The number of piperidine rings is 1. The molecule has 2 heteroatoms. The van der Waals surface area contributed by atoms with E-state index < -0.39 is 0 Å². The normalized spacial score (nSPS) is 23.4. The molecule has 0 aromatic heterocycles. The molecule has 1 unspecified atom stereocenters. The van der Waals surface area contributed by atoms with Crippen LogP contribution in [0.4, 0.5) is 0 Å². The lowest BCUT2D eigenvalue weighted by Gasteiger charge is -2.33. The van der Waals surface area contributed by atoms with Gasteiger partial charge in [0.05, 0.1) is 0 Å². The highest BCUT2D eigenvalue weighted by Crippen LogP contribution is 2.10. The number of rotatable bonds is 5. The third-order valence-corrected chi connectivity index (χ3v) is 2.66. The molecule has 1 aliphatic rings. The fourth-order valence-corrected chi connectivity index (χ4v) is 2.02. The van der Waals surface area contributed by atoms with Crippen molar-refractivity contribution in [3.8, 4) is 0 Å². The molecule has 0 bridgehead atoms. The Morgan fingerprint density at radius 3 is 3.00 bits per heavy atom. The van der Waals surface area contributed by atoms with Crippen LogP contribution in [0.2, 0.25) is 0 Å². The van der Waals surface area contributed by atoms with Gasteiger partial charge in [0, 0.05) is 19.1 Å². The van der Waals surface area contributed by atoms with Crippen LogP contribution in [-0.4, -0.2) is 37.1 Å². The van der Waals surface area contributed by atoms with Gasteiger partial charge in [-0.3, -0.25) is 4.90 Å². The van der Waals surface area contributed by atoms with Crippen molar-refractivity contribution < 1.29 is 0 Å². The first-order valence-corrected chi connectivity index (χ1v) is 5.44. The predicted octanol–water partition coefficient (Wildman–Crippen LogP) is 1.64. The van der Waals surface area contributed by atoms with Crippen LogP contribution in [-0.2, 0) is 0 Å². The van der Waals surface area contributed by atoms with Crippen molar-refractivity contribution >= 4 is 0 Å². The molecule has 1 atom stereocenters. The fourth-order valence-electron chi connectivity index (χ4n) is 2.02. The smallest absolute Gasteiger partial charge is 0.0224 e. The summed E-state index contributed by atoms with van der Waals surface area (Å²) in [4.78, 5) is 2.54. The Kier molecular flexibility index (Phi) is 5.09. The second-order valence-corrected chi connectivity index (χ2v) is 3.78. The molecule has 1 aliphatic heterocycles. The predicted molar refractivity (Wildman–Crippen MR) is 58.0 cm³/mol. The molecule has 0 aromatic rings. The van der Waals surface area contributed by atoms with Crippen LogP contribution in [0, 0.1) is 0 Å². The van der Waals surface area contributed by atoms with E-state index >= 15 is 0 Å². The Morgan fingerprint density at radius 1 is 1.62 bits per heavy atom.